The molecule has 0 saturated carbocycles. The molecule has 5 atom stereocenters. The minimum atomic E-state index is -1.28. The van der Waals surface area contributed by atoms with Crippen molar-refractivity contribution in [3.63, 3.8) is 0 Å². The number of aliphatic hydroxyl groups excluding tert-OH is 1. The summed E-state index contributed by atoms with van der Waals surface area (Å²) < 4.78 is 0. The summed E-state index contributed by atoms with van der Waals surface area (Å²) >= 11 is 0. The van der Waals surface area contributed by atoms with Crippen molar-refractivity contribution in [3.05, 3.63) is 65.7 Å². The Morgan fingerprint density at radius 1 is 0.816 bits per heavy atom. The van der Waals surface area contributed by atoms with Crippen LogP contribution in [0.3, 0.4) is 0 Å². The third-order valence-corrected chi connectivity index (χ3v) is 6.23. The van der Waals surface area contributed by atoms with Gasteiger partial charge >= 0.3 is 5.97 Å². The molecule has 0 aliphatic rings. The zero-order chi connectivity index (χ0) is 28.2. The zero-order valence-corrected chi connectivity index (χ0v) is 21.5. The van der Waals surface area contributed by atoms with Gasteiger partial charge in [-0.2, -0.15) is 0 Å². The van der Waals surface area contributed by atoms with Crippen molar-refractivity contribution in [3.8, 4) is 5.75 Å². The van der Waals surface area contributed by atoms with Crippen molar-refractivity contribution >= 4 is 23.7 Å². The lowest BCUT2D eigenvalue weighted by molar-refractivity contribution is -0.142. The number of rotatable bonds is 14. The first kappa shape index (κ1) is 30.3. The molecular weight excluding hydrogens is 492 g/mol. The van der Waals surface area contributed by atoms with E-state index in [9.17, 15) is 34.5 Å². The molecule has 0 bridgehead atoms. The molecule has 11 heteroatoms. The van der Waals surface area contributed by atoms with E-state index < -0.39 is 54.5 Å². The Hall–Kier alpha value is -3.96. The SMILES string of the molecule is CCC(C)C(NC(=O)C(Cc1ccccc1)NC(=O)C(N)CO)C(=O)NC(Cc1ccc(O)cc1)C(=O)O. The lowest BCUT2D eigenvalue weighted by Gasteiger charge is -2.28. The van der Waals surface area contributed by atoms with Gasteiger partial charge in [0.15, 0.2) is 0 Å². The van der Waals surface area contributed by atoms with Gasteiger partial charge < -0.3 is 37.0 Å². The normalized spacial score (nSPS) is 14.8. The van der Waals surface area contributed by atoms with E-state index in [4.69, 9.17) is 5.73 Å². The summed E-state index contributed by atoms with van der Waals surface area (Å²) in [7, 11) is 0. The predicted octanol–water partition coefficient (Wildman–Crippen LogP) is 0.0821. The Balaban J connectivity index is 2.22. The maximum Gasteiger partial charge on any atom is 0.326 e. The van der Waals surface area contributed by atoms with Crippen molar-refractivity contribution in [2.24, 2.45) is 11.7 Å². The number of nitrogens with one attached hydrogen (secondary N) is 3. The number of aliphatic carboxylic acids is 1. The summed E-state index contributed by atoms with van der Waals surface area (Å²) in [6.07, 6.45) is 0.567. The Morgan fingerprint density at radius 2 is 1.37 bits per heavy atom. The molecule has 0 saturated heterocycles. The number of hydrogen-bond acceptors (Lipinski definition) is 7. The van der Waals surface area contributed by atoms with Crippen LogP contribution in [-0.4, -0.2) is 69.8 Å². The molecule has 0 radical (unpaired) electrons. The Bertz CT molecular complexity index is 1080. The van der Waals surface area contributed by atoms with Crippen LogP contribution in [0.5, 0.6) is 5.75 Å². The summed E-state index contributed by atoms with van der Waals surface area (Å²) in [5.41, 5.74) is 6.94. The van der Waals surface area contributed by atoms with Crippen LogP contribution >= 0.6 is 0 Å². The molecule has 2 aromatic rings. The van der Waals surface area contributed by atoms with Gasteiger partial charge in [-0.1, -0.05) is 62.7 Å². The number of aromatic hydroxyl groups is 1. The maximum atomic E-state index is 13.3. The molecular formula is C27H36N4O7. The number of aliphatic hydroxyl groups is 1. The summed E-state index contributed by atoms with van der Waals surface area (Å²) in [5, 5.41) is 36.1. The van der Waals surface area contributed by atoms with E-state index in [2.05, 4.69) is 16.0 Å². The minimum Gasteiger partial charge on any atom is -0.508 e. The molecule has 0 aliphatic heterocycles. The van der Waals surface area contributed by atoms with Gasteiger partial charge in [-0.25, -0.2) is 4.79 Å². The van der Waals surface area contributed by atoms with Crippen LogP contribution < -0.4 is 21.7 Å². The second-order valence-electron chi connectivity index (χ2n) is 9.18. The van der Waals surface area contributed by atoms with E-state index in [1.807, 2.05) is 6.92 Å². The number of carboxylic acids is 1. The Labute approximate surface area is 221 Å². The van der Waals surface area contributed by atoms with Gasteiger partial charge in [-0.3, -0.25) is 14.4 Å². The fourth-order valence-electron chi connectivity index (χ4n) is 3.71. The molecule has 38 heavy (non-hydrogen) atoms. The van der Waals surface area contributed by atoms with Crippen molar-refractivity contribution in [2.75, 3.05) is 6.61 Å². The van der Waals surface area contributed by atoms with Crippen LogP contribution in [0.15, 0.2) is 54.6 Å². The van der Waals surface area contributed by atoms with Crippen molar-refractivity contribution in [1.29, 1.82) is 0 Å². The second kappa shape index (κ2) is 14.7. The third kappa shape index (κ3) is 9.16. The highest BCUT2D eigenvalue weighted by Gasteiger charge is 2.33. The lowest BCUT2D eigenvalue weighted by atomic mass is 9.96. The number of carbonyl (C=O) groups is 4. The highest BCUT2D eigenvalue weighted by Crippen LogP contribution is 2.14. The number of carbonyl (C=O) groups excluding carboxylic acids is 3. The second-order valence-corrected chi connectivity index (χ2v) is 9.18. The number of nitrogens with two attached hydrogens (primary N) is 1. The fraction of sp³-hybridized carbons (Fsp3) is 0.407. The Morgan fingerprint density at radius 3 is 1.92 bits per heavy atom. The van der Waals surface area contributed by atoms with Crippen LogP contribution in [0.2, 0.25) is 0 Å². The van der Waals surface area contributed by atoms with Crippen LogP contribution in [0.1, 0.15) is 31.4 Å². The van der Waals surface area contributed by atoms with E-state index in [1.54, 1.807) is 49.4 Å². The largest absolute Gasteiger partial charge is 0.508 e. The monoisotopic (exact) mass is 528 g/mol. The molecule has 2 aromatic carbocycles. The predicted molar refractivity (Wildman–Crippen MR) is 140 cm³/mol. The van der Waals surface area contributed by atoms with Crippen LogP contribution in [0.4, 0.5) is 0 Å². The quantitative estimate of drug-likeness (QED) is 0.179. The fourth-order valence-corrected chi connectivity index (χ4v) is 3.71. The third-order valence-electron chi connectivity index (χ3n) is 6.23. The zero-order valence-electron chi connectivity index (χ0n) is 21.5. The van der Waals surface area contributed by atoms with E-state index in [0.717, 1.165) is 5.56 Å². The van der Waals surface area contributed by atoms with Gasteiger partial charge in [0.05, 0.1) is 6.61 Å². The minimum absolute atomic E-state index is 0.0290. The molecule has 5 unspecified atom stereocenters. The molecule has 2 rings (SSSR count). The first-order valence-corrected chi connectivity index (χ1v) is 12.4. The molecule has 11 nitrogen and oxygen atoms in total. The highest BCUT2D eigenvalue weighted by atomic mass is 16.4. The van der Waals surface area contributed by atoms with Crippen LogP contribution in [-0.2, 0) is 32.0 Å². The number of benzene rings is 2. The molecule has 0 aliphatic carbocycles. The van der Waals surface area contributed by atoms with Gasteiger partial charge in [-0.05, 0) is 29.2 Å². The average molecular weight is 529 g/mol. The van der Waals surface area contributed by atoms with Gasteiger partial charge in [0.2, 0.25) is 17.7 Å². The average Bonchev–Trinajstić information content (AvgIpc) is 2.91. The van der Waals surface area contributed by atoms with Gasteiger partial charge in [-0.15, -0.1) is 0 Å². The van der Waals surface area contributed by atoms with Gasteiger partial charge in [0, 0.05) is 12.8 Å². The molecule has 3 amide bonds. The van der Waals surface area contributed by atoms with Crippen molar-refractivity contribution in [2.45, 2.75) is 57.3 Å². The first-order chi connectivity index (χ1) is 18.0. The van der Waals surface area contributed by atoms with E-state index in [-0.39, 0.29) is 24.5 Å². The molecule has 0 spiro atoms. The smallest absolute Gasteiger partial charge is 0.326 e. The van der Waals surface area contributed by atoms with E-state index in [1.165, 1.54) is 12.1 Å². The summed E-state index contributed by atoms with van der Waals surface area (Å²) in [6.45, 7) is 2.96. The van der Waals surface area contributed by atoms with E-state index >= 15 is 0 Å². The number of phenols is 1. The highest BCUT2D eigenvalue weighted by molar-refractivity contribution is 5.94. The van der Waals surface area contributed by atoms with E-state index in [0.29, 0.717) is 12.0 Å². The summed E-state index contributed by atoms with van der Waals surface area (Å²) in [4.78, 5) is 50.8. The molecule has 206 valence electrons. The topological polar surface area (TPSA) is 191 Å². The number of carboxylic acid groups (broad SMARTS) is 1. The van der Waals surface area contributed by atoms with Gasteiger partial charge in [0.25, 0.3) is 0 Å². The Kier molecular flexibility index (Phi) is 11.7. The van der Waals surface area contributed by atoms with Crippen molar-refractivity contribution in [1.82, 2.24) is 16.0 Å². The van der Waals surface area contributed by atoms with Crippen molar-refractivity contribution < 1.29 is 34.5 Å². The van der Waals surface area contributed by atoms with Gasteiger partial charge in [0.1, 0.15) is 29.9 Å². The molecule has 0 aromatic heterocycles. The molecule has 0 heterocycles. The standard InChI is InChI=1S/C27H36N4O7/c1-3-16(2)23(26(36)30-22(27(37)38)14-18-9-11-19(33)12-10-18)31-25(35)21(29-24(34)20(28)15-32)13-17-7-5-4-6-8-17/h4-12,16,20-23,32-33H,3,13-15,28H2,1-2H3,(H,29,34)(H,30,36)(H,31,35)(H,37,38). The lowest BCUT2D eigenvalue weighted by Crippen LogP contribution is -2.59. The molecule has 0 fully saturated rings. The number of phenolic OH excluding ortho intramolecular Hbond substituents is 1. The number of amides is 3. The summed E-state index contributed by atoms with van der Waals surface area (Å²) in [6, 6.07) is 10.2. The van der Waals surface area contributed by atoms with Crippen LogP contribution in [0, 0.1) is 5.92 Å². The maximum absolute atomic E-state index is 13.3. The molecule has 8 N–H and O–H groups in total. The summed E-state index contributed by atoms with van der Waals surface area (Å²) in [5.74, 6) is -3.66. The number of hydrogen-bond donors (Lipinski definition) is 7. The van der Waals surface area contributed by atoms with Crippen LogP contribution in [0.25, 0.3) is 0 Å². The first-order valence-electron chi connectivity index (χ1n) is 12.4.